The number of carbonyl (C=O) groups excluding carboxylic acids is 1. The summed E-state index contributed by atoms with van der Waals surface area (Å²) in [4.78, 5) is 19.1. The second kappa shape index (κ2) is 3.41. The van der Waals surface area contributed by atoms with E-state index < -0.39 is 0 Å². The zero-order chi connectivity index (χ0) is 11.0. The molecule has 16 heavy (non-hydrogen) atoms. The van der Waals surface area contributed by atoms with Gasteiger partial charge in [-0.1, -0.05) is 0 Å². The van der Waals surface area contributed by atoms with Gasteiger partial charge in [-0.2, -0.15) is 0 Å². The molecule has 1 aliphatic heterocycles. The lowest BCUT2D eigenvalue weighted by Gasteiger charge is -2.18. The van der Waals surface area contributed by atoms with Crippen molar-refractivity contribution in [1.82, 2.24) is 9.97 Å². The van der Waals surface area contributed by atoms with E-state index in [1.54, 1.807) is 12.3 Å². The van der Waals surface area contributed by atoms with Crippen LogP contribution >= 0.6 is 0 Å². The Labute approximate surface area is 91.9 Å². The Morgan fingerprint density at radius 2 is 2.25 bits per heavy atom. The standard InChI is InChI=1S/C12H8N2O2/c15-6-8-3-4-9-10(14-8)7-16-11-2-1-5-13-12(9)11/h1-6H,7H2. The average molecular weight is 212 g/mol. The van der Waals surface area contributed by atoms with E-state index >= 15 is 0 Å². The summed E-state index contributed by atoms with van der Waals surface area (Å²) < 4.78 is 5.51. The number of rotatable bonds is 1. The Balaban J connectivity index is 2.22. The number of hydrogen-bond donors (Lipinski definition) is 0. The highest BCUT2D eigenvalue weighted by atomic mass is 16.5. The maximum absolute atomic E-state index is 10.6. The van der Waals surface area contributed by atoms with Crippen molar-refractivity contribution in [1.29, 1.82) is 0 Å². The summed E-state index contributed by atoms with van der Waals surface area (Å²) in [5.41, 5.74) is 2.90. The molecule has 0 fully saturated rings. The zero-order valence-electron chi connectivity index (χ0n) is 8.38. The van der Waals surface area contributed by atoms with E-state index in [1.165, 1.54) is 0 Å². The van der Waals surface area contributed by atoms with Crippen LogP contribution in [0.4, 0.5) is 0 Å². The third kappa shape index (κ3) is 1.27. The third-order valence-electron chi connectivity index (χ3n) is 2.51. The van der Waals surface area contributed by atoms with Gasteiger partial charge in [0.1, 0.15) is 23.7 Å². The van der Waals surface area contributed by atoms with Gasteiger partial charge < -0.3 is 4.74 Å². The largest absolute Gasteiger partial charge is 0.485 e. The Morgan fingerprint density at radius 3 is 3.12 bits per heavy atom. The van der Waals surface area contributed by atoms with Crippen LogP contribution in [0.1, 0.15) is 16.2 Å². The van der Waals surface area contributed by atoms with Crippen LogP contribution in [0.25, 0.3) is 11.3 Å². The van der Waals surface area contributed by atoms with Crippen molar-refractivity contribution < 1.29 is 9.53 Å². The molecular weight excluding hydrogens is 204 g/mol. The summed E-state index contributed by atoms with van der Waals surface area (Å²) in [6, 6.07) is 7.26. The van der Waals surface area contributed by atoms with Crippen LogP contribution in [-0.4, -0.2) is 16.3 Å². The first-order chi connectivity index (χ1) is 7.88. The molecule has 0 saturated carbocycles. The average Bonchev–Trinajstić information content (AvgIpc) is 2.38. The first kappa shape index (κ1) is 9.03. The molecule has 2 aromatic rings. The zero-order valence-corrected chi connectivity index (χ0v) is 8.38. The highest BCUT2D eigenvalue weighted by molar-refractivity contribution is 5.76. The Kier molecular flexibility index (Phi) is 1.93. The summed E-state index contributed by atoms with van der Waals surface area (Å²) in [7, 11) is 0. The van der Waals surface area contributed by atoms with Crippen LogP contribution in [0.2, 0.25) is 0 Å². The molecule has 0 amide bonds. The number of carbonyl (C=O) groups is 1. The van der Waals surface area contributed by atoms with Crippen LogP contribution in [0.15, 0.2) is 30.5 Å². The van der Waals surface area contributed by atoms with Crippen LogP contribution < -0.4 is 4.74 Å². The lowest BCUT2D eigenvalue weighted by molar-refractivity contribution is 0.111. The van der Waals surface area contributed by atoms with Gasteiger partial charge in [0.15, 0.2) is 6.29 Å². The Morgan fingerprint density at radius 1 is 1.31 bits per heavy atom. The number of ether oxygens (including phenoxy) is 1. The van der Waals surface area contributed by atoms with Crippen molar-refractivity contribution in [2.75, 3.05) is 0 Å². The topological polar surface area (TPSA) is 52.1 Å². The summed E-state index contributed by atoms with van der Waals surface area (Å²) in [5, 5.41) is 0. The van der Waals surface area contributed by atoms with Gasteiger partial charge in [-0.05, 0) is 24.3 Å². The molecule has 0 bridgehead atoms. The quantitative estimate of drug-likeness (QED) is 0.677. The highest BCUT2D eigenvalue weighted by Gasteiger charge is 2.19. The van der Waals surface area contributed by atoms with E-state index in [0.717, 1.165) is 29.0 Å². The molecule has 0 radical (unpaired) electrons. The maximum atomic E-state index is 10.6. The van der Waals surface area contributed by atoms with Gasteiger partial charge in [0.05, 0.1) is 5.69 Å². The number of pyridine rings is 2. The van der Waals surface area contributed by atoms with Crippen molar-refractivity contribution in [3.05, 3.63) is 41.9 Å². The van der Waals surface area contributed by atoms with Crippen molar-refractivity contribution in [2.45, 2.75) is 6.61 Å². The molecule has 2 aromatic heterocycles. The molecule has 3 rings (SSSR count). The Hall–Kier alpha value is -2.23. The second-order valence-corrected chi connectivity index (χ2v) is 3.49. The van der Waals surface area contributed by atoms with Crippen molar-refractivity contribution in [3.8, 4) is 17.0 Å². The van der Waals surface area contributed by atoms with Crippen LogP contribution in [0.3, 0.4) is 0 Å². The van der Waals surface area contributed by atoms with Gasteiger partial charge in [-0.25, -0.2) is 4.98 Å². The van der Waals surface area contributed by atoms with E-state index in [2.05, 4.69) is 9.97 Å². The smallest absolute Gasteiger partial charge is 0.168 e. The van der Waals surface area contributed by atoms with Gasteiger partial charge in [-0.15, -0.1) is 0 Å². The summed E-state index contributed by atoms with van der Waals surface area (Å²) >= 11 is 0. The summed E-state index contributed by atoms with van der Waals surface area (Å²) in [6.07, 6.45) is 2.44. The van der Waals surface area contributed by atoms with E-state index in [1.807, 2.05) is 18.2 Å². The molecule has 4 heteroatoms. The molecule has 0 unspecified atom stereocenters. The fourth-order valence-electron chi connectivity index (χ4n) is 1.76. The van der Waals surface area contributed by atoms with E-state index in [0.29, 0.717) is 12.3 Å². The van der Waals surface area contributed by atoms with Gasteiger partial charge in [0.25, 0.3) is 0 Å². The molecule has 4 nitrogen and oxygen atoms in total. The SMILES string of the molecule is O=Cc1ccc2c(n1)COc1cccnc1-2. The highest BCUT2D eigenvalue weighted by Crippen LogP contribution is 2.34. The summed E-state index contributed by atoms with van der Waals surface area (Å²) in [5.74, 6) is 0.760. The fraction of sp³-hybridized carbons (Fsp3) is 0.0833. The normalized spacial score (nSPS) is 12.2. The van der Waals surface area contributed by atoms with Crippen LogP contribution in [0.5, 0.6) is 5.75 Å². The molecule has 78 valence electrons. The first-order valence-electron chi connectivity index (χ1n) is 4.92. The lowest BCUT2D eigenvalue weighted by Crippen LogP contribution is -2.09. The minimum atomic E-state index is 0.385. The number of hydrogen-bond acceptors (Lipinski definition) is 4. The molecule has 1 aliphatic rings. The number of nitrogens with zero attached hydrogens (tertiary/aromatic N) is 2. The summed E-state index contributed by atoms with van der Waals surface area (Å²) in [6.45, 7) is 0.385. The van der Waals surface area contributed by atoms with E-state index in [9.17, 15) is 4.79 Å². The van der Waals surface area contributed by atoms with E-state index in [4.69, 9.17) is 4.74 Å². The second-order valence-electron chi connectivity index (χ2n) is 3.49. The molecule has 0 aliphatic carbocycles. The number of fused-ring (bicyclic) bond motifs is 3. The van der Waals surface area contributed by atoms with Crippen molar-refractivity contribution >= 4 is 6.29 Å². The predicted molar refractivity (Wildman–Crippen MR) is 57.2 cm³/mol. The molecule has 0 saturated heterocycles. The maximum Gasteiger partial charge on any atom is 0.168 e. The molecular formula is C12H8N2O2. The van der Waals surface area contributed by atoms with Gasteiger partial charge in [-0.3, -0.25) is 9.78 Å². The van der Waals surface area contributed by atoms with Crippen LogP contribution in [0, 0.1) is 0 Å². The fourth-order valence-corrected chi connectivity index (χ4v) is 1.76. The first-order valence-corrected chi connectivity index (χ1v) is 4.92. The van der Waals surface area contributed by atoms with Gasteiger partial charge in [0, 0.05) is 11.8 Å². The molecule has 0 atom stereocenters. The van der Waals surface area contributed by atoms with Gasteiger partial charge >= 0.3 is 0 Å². The molecule has 3 heterocycles. The number of aldehydes is 1. The van der Waals surface area contributed by atoms with E-state index in [-0.39, 0.29) is 0 Å². The lowest BCUT2D eigenvalue weighted by atomic mass is 10.1. The molecule has 0 aromatic carbocycles. The minimum absolute atomic E-state index is 0.385. The molecule has 0 spiro atoms. The number of aromatic nitrogens is 2. The third-order valence-corrected chi connectivity index (χ3v) is 2.51. The van der Waals surface area contributed by atoms with Crippen LogP contribution in [-0.2, 0) is 6.61 Å². The van der Waals surface area contributed by atoms with Crippen molar-refractivity contribution in [2.24, 2.45) is 0 Å². The predicted octanol–water partition coefficient (Wildman–Crippen LogP) is 1.85. The van der Waals surface area contributed by atoms with Gasteiger partial charge in [0.2, 0.25) is 0 Å². The monoisotopic (exact) mass is 212 g/mol. The Bertz CT molecular complexity index is 567. The van der Waals surface area contributed by atoms with Crippen molar-refractivity contribution in [3.63, 3.8) is 0 Å². The molecule has 0 N–H and O–H groups in total. The minimum Gasteiger partial charge on any atom is -0.485 e.